The number of hydrogen-bond acceptors (Lipinski definition) is 3. The van der Waals surface area contributed by atoms with Gasteiger partial charge in [0.05, 0.1) is 29.6 Å². The van der Waals surface area contributed by atoms with Crippen molar-refractivity contribution in [3.05, 3.63) is 47.5 Å². The molecule has 1 aromatic carbocycles. The summed E-state index contributed by atoms with van der Waals surface area (Å²) in [6, 6.07) is 6.65. The lowest BCUT2D eigenvalue weighted by molar-refractivity contribution is 0.0992. The average molecular weight is 357 g/mol. The number of benzene rings is 1. The highest BCUT2D eigenvalue weighted by atomic mass is 19.1. The molecule has 138 valence electrons. The molecule has 3 heterocycles. The quantitative estimate of drug-likeness (QED) is 0.651. The highest BCUT2D eigenvalue weighted by molar-refractivity contribution is 5.80. The second kappa shape index (κ2) is 7.07. The number of rotatable bonds is 4. The molecule has 3 atom stereocenters. The summed E-state index contributed by atoms with van der Waals surface area (Å²) in [5.74, 6) is 0.527. The van der Waals surface area contributed by atoms with Crippen LogP contribution < -0.4 is 10.6 Å². The number of aromatic nitrogens is 2. The van der Waals surface area contributed by atoms with Crippen molar-refractivity contribution in [3.63, 3.8) is 0 Å². The van der Waals surface area contributed by atoms with Crippen LogP contribution in [0.25, 0.3) is 5.69 Å². The molecule has 0 radical (unpaired) electrons. The molecule has 2 aliphatic heterocycles. The average Bonchev–Trinajstić information content (AvgIpc) is 3.35. The van der Waals surface area contributed by atoms with Gasteiger partial charge in [-0.2, -0.15) is 5.10 Å². The van der Waals surface area contributed by atoms with Crippen LogP contribution in [-0.4, -0.2) is 41.0 Å². The van der Waals surface area contributed by atoms with Crippen LogP contribution >= 0.6 is 0 Å². The summed E-state index contributed by atoms with van der Waals surface area (Å²) >= 11 is 0. The van der Waals surface area contributed by atoms with Crippen molar-refractivity contribution < 1.29 is 9.13 Å². The Labute approximate surface area is 152 Å². The van der Waals surface area contributed by atoms with Gasteiger partial charge >= 0.3 is 0 Å². The zero-order valence-electron chi connectivity index (χ0n) is 15.1. The molecular weight excluding hydrogens is 333 g/mol. The van der Waals surface area contributed by atoms with Crippen molar-refractivity contribution in [2.24, 2.45) is 4.99 Å². The molecule has 0 spiro atoms. The number of aliphatic imine (C=N–C) groups is 1. The first-order chi connectivity index (χ1) is 12.6. The van der Waals surface area contributed by atoms with Crippen LogP contribution in [0.2, 0.25) is 0 Å². The minimum Gasteiger partial charge on any atom is -0.373 e. The highest BCUT2D eigenvalue weighted by Gasteiger charge is 2.41. The maximum absolute atomic E-state index is 13.1. The molecule has 2 aromatic rings. The lowest BCUT2D eigenvalue weighted by Crippen LogP contribution is -2.47. The van der Waals surface area contributed by atoms with E-state index in [-0.39, 0.29) is 5.82 Å². The lowest BCUT2D eigenvalue weighted by Gasteiger charge is -2.22. The van der Waals surface area contributed by atoms with Gasteiger partial charge in [-0.15, -0.1) is 0 Å². The number of ether oxygens (including phenoxy) is 1. The van der Waals surface area contributed by atoms with E-state index in [4.69, 9.17) is 4.74 Å². The van der Waals surface area contributed by atoms with Gasteiger partial charge in [0.25, 0.3) is 0 Å². The molecular formula is C19H24FN5O. The Morgan fingerprint density at radius 2 is 2.15 bits per heavy atom. The van der Waals surface area contributed by atoms with Gasteiger partial charge in [0.2, 0.25) is 0 Å². The molecule has 0 amide bonds. The van der Waals surface area contributed by atoms with Gasteiger partial charge in [-0.1, -0.05) is 0 Å². The lowest BCUT2D eigenvalue weighted by atomic mass is 9.96. The maximum atomic E-state index is 13.1. The highest BCUT2D eigenvalue weighted by Crippen LogP contribution is 2.34. The van der Waals surface area contributed by atoms with E-state index >= 15 is 0 Å². The zero-order valence-corrected chi connectivity index (χ0v) is 15.1. The molecule has 2 N–H and O–H groups in total. The molecule has 6 nitrogen and oxygen atoms in total. The standard InChI is InChI=1S/C19H24FN5O/c1-12-13(11-25(24-12)15-5-3-14(20)4-6-15)10-22-19(21-2)23-17-9-16-7-8-18(17)26-16/h3-6,11,16-18H,7-10H2,1-2H3,(H2,21,22,23). The molecule has 0 aliphatic carbocycles. The third kappa shape index (κ3) is 3.44. The SMILES string of the molecule is CN=C(NCc1cn(-c2ccc(F)cc2)nc1C)NC1CC2CCC1O2. The Hall–Kier alpha value is -2.41. The summed E-state index contributed by atoms with van der Waals surface area (Å²) in [6.07, 6.45) is 6.03. The number of nitrogens with zero attached hydrogens (tertiary/aromatic N) is 3. The Bertz CT molecular complexity index is 801. The molecule has 7 heteroatoms. The number of hydrogen-bond donors (Lipinski definition) is 2. The summed E-state index contributed by atoms with van der Waals surface area (Å²) < 4.78 is 20.7. The van der Waals surface area contributed by atoms with Gasteiger partial charge in [0.15, 0.2) is 5.96 Å². The van der Waals surface area contributed by atoms with E-state index in [0.717, 1.165) is 35.7 Å². The number of halogens is 1. The molecule has 2 aliphatic rings. The smallest absolute Gasteiger partial charge is 0.191 e. The van der Waals surface area contributed by atoms with Crippen molar-refractivity contribution >= 4 is 5.96 Å². The van der Waals surface area contributed by atoms with E-state index < -0.39 is 0 Å². The molecule has 4 rings (SSSR count). The first-order valence-electron chi connectivity index (χ1n) is 9.06. The molecule has 26 heavy (non-hydrogen) atoms. The fourth-order valence-electron chi connectivity index (χ4n) is 3.73. The van der Waals surface area contributed by atoms with Gasteiger partial charge in [-0.05, 0) is 50.5 Å². The molecule has 1 aromatic heterocycles. The van der Waals surface area contributed by atoms with E-state index in [2.05, 4.69) is 20.7 Å². The van der Waals surface area contributed by atoms with E-state index in [1.807, 2.05) is 13.1 Å². The third-order valence-electron chi connectivity index (χ3n) is 5.19. The van der Waals surface area contributed by atoms with E-state index in [9.17, 15) is 4.39 Å². The summed E-state index contributed by atoms with van der Waals surface area (Å²) in [6.45, 7) is 2.59. The predicted octanol–water partition coefficient (Wildman–Crippen LogP) is 2.30. The predicted molar refractivity (Wildman–Crippen MR) is 97.9 cm³/mol. The summed E-state index contributed by atoms with van der Waals surface area (Å²) in [5.41, 5.74) is 2.84. The van der Waals surface area contributed by atoms with Crippen molar-refractivity contribution in [1.82, 2.24) is 20.4 Å². The number of nitrogens with one attached hydrogen (secondary N) is 2. The summed E-state index contributed by atoms with van der Waals surface area (Å²) in [5, 5.41) is 11.4. The monoisotopic (exact) mass is 357 g/mol. The largest absolute Gasteiger partial charge is 0.373 e. The van der Waals surface area contributed by atoms with Gasteiger partial charge in [-0.3, -0.25) is 4.99 Å². The molecule has 3 unspecified atom stereocenters. The normalized spacial score (nSPS) is 24.9. The maximum Gasteiger partial charge on any atom is 0.191 e. The van der Waals surface area contributed by atoms with Crippen molar-refractivity contribution in [3.8, 4) is 5.69 Å². The fraction of sp³-hybridized carbons (Fsp3) is 0.474. The summed E-state index contributed by atoms with van der Waals surface area (Å²) in [4.78, 5) is 4.32. The first kappa shape index (κ1) is 17.0. The first-order valence-corrected chi connectivity index (χ1v) is 9.06. The minimum absolute atomic E-state index is 0.251. The van der Waals surface area contributed by atoms with Crippen molar-refractivity contribution in [2.45, 2.75) is 51.0 Å². The van der Waals surface area contributed by atoms with Crippen molar-refractivity contribution in [2.75, 3.05) is 7.05 Å². The Morgan fingerprint density at radius 3 is 2.81 bits per heavy atom. The molecule has 2 fully saturated rings. The van der Waals surface area contributed by atoms with Crippen molar-refractivity contribution in [1.29, 1.82) is 0 Å². The van der Waals surface area contributed by atoms with Crippen LogP contribution in [0.5, 0.6) is 0 Å². The number of fused-ring (bicyclic) bond motifs is 2. The zero-order chi connectivity index (χ0) is 18.1. The van der Waals surface area contributed by atoms with Crippen LogP contribution in [0.15, 0.2) is 35.5 Å². The molecule has 0 saturated carbocycles. The van der Waals surface area contributed by atoms with Gasteiger partial charge in [0.1, 0.15) is 5.82 Å². The van der Waals surface area contributed by atoms with E-state index in [1.165, 1.54) is 18.6 Å². The molecule has 2 bridgehead atoms. The topological polar surface area (TPSA) is 63.5 Å². The van der Waals surface area contributed by atoms with Gasteiger partial charge < -0.3 is 15.4 Å². The second-order valence-corrected chi connectivity index (χ2v) is 6.95. The summed E-state index contributed by atoms with van der Waals surface area (Å²) in [7, 11) is 1.78. The van der Waals surface area contributed by atoms with Crippen LogP contribution in [0.4, 0.5) is 4.39 Å². The van der Waals surface area contributed by atoms with E-state index in [1.54, 1.807) is 23.9 Å². The number of guanidine groups is 1. The Balaban J connectivity index is 1.38. The minimum atomic E-state index is -0.251. The van der Waals surface area contributed by atoms with Gasteiger partial charge in [0, 0.05) is 25.4 Å². The third-order valence-corrected chi connectivity index (χ3v) is 5.19. The van der Waals surface area contributed by atoms with Crippen LogP contribution in [-0.2, 0) is 11.3 Å². The van der Waals surface area contributed by atoms with Gasteiger partial charge in [-0.25, -0.2) is 9.07 Å². The molecule has 2 saturated heterocycles. The fourth-order valence-corrected chi connectivity index (χ4v) is 3.73. The second-order valence-electron chi connectivity index (χ2n) is 6.95. The number of aryl methyl sites for hydroxylation is 1. The van der Waals surface area contributed by atoms with E-state index in [0.29, 0.717) is 24.8 Å². The van der Waals surface area contributed by atoms with Crippen LogP contribution in [0.1, 0.15) is 30.5 Å². The Morgan fingerprint density at radius 1 is 1.35 bits per heavy atom. The van der Waals surface area contributed by atoms with Crippen LogP contribution in [0.3, 0.4) is 0 Å². The van der Waals surface area contributed by atoms with Crippen LogP contribution in [0, 0.1) is 12.7 Å². The Kier molecular flexibility index (Phi) is 4.63.